The minimum Gasteiger partial charge on any atom is -0.478 e. The molecule has 2 aliphatic rings. The number of rotatable bonds is 2. The highest BCUT2D eigenvalue weighted by Crippen LogP contribution is 2.50. The van der Waals surface area contributed by atoms with E-state index in [0.29, 0.717) is 18.1 Å². The van der Waals surface area contributed by atoms with Gasteiger partial charge in [-0.05, 0) is 29.8 Å². The van der Waals surface area contributed by atoms with Gasteiger partial charge in [-0.15, -0.1) is 0 Å². The predicted molar refractivity (Wildman–Crippen MR) is 88.7 cm³/mol. The number of fused-ring (bicyclic) bond motifs is 5. The number of hydrogen-bond acceptors (Lipinski definition) is 4. The van der Waals surface area contributed by atoms with Crippen LogP contribution in [0.15, 0.2) is 42.5 Å². The standard InChI is InChI=1S/C18H16ClNO4/c19-10-5-6-16-12(7-10)14-9-20(17(21)18(22)23)8-13(14)11-3-1-2-4-15(11)24-16/h1-7,13-14,17,21H,8-9H2,(H,22,23). The second kappa shape index (κ2) is 5.77. The highest BCUT2D eigenvalue weighted by Gasteiger charge is 2.43. The van der Waals surface area contributed by atoms with Crippen molar-refractivity contribution in [3.63, 3.8) is 0 Å². The first-order valence-corrected chi connectivity index (χ1v) is 8.13. The number of carboxylic acids is 1. The summed E-state index contributed by atoms with van der Waals surface area (Å²) in [5, 5.41) is 19.7. The summed E-state index contributed by atoms with van der Waals surface area (Å²) < 4.78 is 6.08. The first kappa shape index (κ1) is 15.4. The number of aliphatic hydroxyl groups is 1. The number of hydrogen-bond donors (Lipinski definition) is 2. The maximum absolute atomic E-state index is 11.2. The Labute approximate surface area is 144 Å². The summed E-state index contributed by atoms with van der Waals surface area (Å²) in [7, 11) is 0. The van der Waals surface area contributed by atoms with Gasteiger partial charge in [-0.3, -0.25) is 4.90 Å². The number of halogens is 1. The van der Waals surface area contributed by atoms with Crippen LogP contribution in [0, 0.1) is 0 Å². The van der Waals surface area contributed by atoms with Crippen molar-refractivity contribution in [3.05, 3.63) is 58.6 Å². The van der Waals surface area contributed by atoms with E-state index < -0.39 is 12.2 Å². The molecule has 24 heavy (non-hydrogen) atoms. The molecule has 1 saturated heterocycles. The van der Waals surface area contributed by atoms with Crippen LogP contribution in [0.25, 0.3) is 0 Å². The molecule has 6 heteroatoms. The van der Waals surface area contributed by atoms with E-state index in [0.717, 1.165) is 22.6 Å². The van der Waals surface area contributed by atoms with Crippen LogP contribution in [0.5, 0.6) is 11.5 Å². The zero-order valence-corrected chi connectivity index (χ0v) is 13.5. The molecule has 4 rings (SSSR count). The highest BCUT2D eigenvalue weighted by atomic mass is 35.5. The number of nitrogens with zero attached hydrogens (tertiary/aromatic N) is 1. The van der Waals surface area contributed by atoms with Crippen molar-refractivity contribution < 1.29 is 19.7 Å². The van der Waals surface area contributed by atoms with E-state index >= 15 is 0 Å². The lowest BCUT2D eigenvalue weighted by Crippen LogP contribution is -2.39. The summed E-state index contributed by atoms with van der Waals surface area (Å²) in [6.07, 6.45) is -1.51. The molecule has 0 bridgehead atoms. The third kappa shape index (κ3) is 2.45. The quantitative estimate of drug-likeness (QED) is 0.875. The van der Waals surface area contributed by atoms with Crippen LogP contribution < -0.4 is 4.74 Å². The van der Waals surface area contributed by atoms with Gasteiger partial charge in [0.25, 0.3) is 0 Å². The lowest BCUT2D eigenvalue weighted by molar-refractivity contribution is -0.156. The molecule has 0 aliphatic carbocycles. The molecule has 2 N–H and O–H groups in total. The van der Waals surface area contributed by atoms with Crippen molar-refractivity contribution >= 4 is 17.6 Å². The topological polar surface area (TPSA) is 70.0 Å². The van der Waals surface area contributed by atoms with E-state index in [-0.39, 0.29) is 11.8 Å². The van der Waals surface area contributed by atoms with Crippen LogP contribution in [0.3, 0.4) is 0 Å². The van der Waals surface area contributed by atoms with Crippen LogP contribution in [-0.4, -0.2) is 40.4 Å². The minimum absolute atomic E-state index is 0.0105. The van der Waals surface area contributed by atoms with Gasteiger partial charge in [-0.1, -0.05) is 29.8 Å². The van der Waals surface area contributed by atoms with E-state index in [1.165, 1.54) is 0 Å². The van der Waals surface area contributed by atoms with E-state index in [4.69, 9.17) is 21.4 Å². The maximum atomic E-state index is 11.2. The average Bonchev–Trinajstić information content (AvgIpc) is 2.96. The first-order chi connectivity index (χ1) is 11.5. The van der Waals surface area contributed by atoms with E-state index in [2.05, 4.69) is 0 Å². The van der Waals surface area contributed by atoms with Gasteiger partial charge in [0.1, 0.15) is 11.5 Å². The Hall–Kier alpha value is -2.08. The molecule has 3 atom stereocenters. The zero-order valence-electron chi connectivity index (χ0n) is 12.7. The molecule has 0 radical (unpaired) electrons. The fraction of sp³-hybridized carbons (Fsp3) is 0.278. The second-order valence-corrected chi connectivity index (χ2v) is 6.64. The van der Waals surface area contributed by atoms with Crippen LogP contribution in [0.1, 0.15) is 23.0 Å². The molecule has 2 aromatic carbocycles. The van der Waals surface area contributed by atoms with Crippen molar-refractivity contribution in [2.24, 2.45) is 0 Å². The van der Waals surface area contributed by atoms with Crippen molar-refractivity contribution in [2.45, 2.75) is 18.1 Å². The summed E-state index contributed by atoms with van der Waals surface area (Å²) in [4.78, 5) is 12.8. The smallest absolute Gasteiger partial charge is 0.348 e. The molecule has 124 valence electrons. The van der Waals surface area contributed by atoms with Gasteiger partial charge in [-0.2, -0.15) is 0 Å². The summed E-state index contributed by atoms with van der Waals surface area (Å²) >= 11 is 6.17. The minimum atomic E-state index is -1.51. The Morgan fingerprint density at radius 3 is 2.54 bits per heavy atom. The Kier molecular flexibility index (Phi) is 3.72. The van der Waals surface area contributed by atoms with Gasteiger partial charge in [0.15, 0.2) is 0 Å². The fourth-order valence-electron chi connectivity index (χ4n) is 3.72. The molecule has 2 heterocycles. The van der Waals surface area contributed by atoms with E-state index in [9.17, 15) is 9.90 Å². The second-order valence-electron chi connectivity index (χ2n) is 6.20. The fourth-order valence-corrected chi connectivity index (χ4v) is 3.90. The number of carboxylic acid groups (broad SMARTS) is 1. The Bertz CT molecular complexity index is 809. The van der Waals surface area contributed by atoms with Crippen LogP contribution in [-0.2, 0) is 4.79 Å². The first-order valence-electron chi connectivity index (χ1n) is 7.76. The van der Waals surface area contributed by atoms with Crippen LogP contribution in [0.4, 0.5) is 0 Å². The molecule has 2 aromatic rings. The maximum Gasteiger partial charge on any atom is 0.348 e. The average molecular weight is 346 g/mol. The molecule has 3 unspecified atom stereocenters. The summed E-state index contributed by atoms with van der Waals surface area (Å²) in [6, 6.07) is 13.3. The third-order valence-corrected chi connectivity index (χ3v) is 5.06. The molecule has 1 fully saturated rings. The lowest BCUT2D eigenvalue weighted by Gasteiger charge is -2.20. The van der Waals surface area contributed by atoms with Gasteiger partial charge >= 0.3 is 5.97 Å². The Morgan fingerprint density at radius 1 is 1.12 bits per heavy atom. The molecule has 0 spiro atoms. The number of ether oxygens (including phenoxy) is 1. The van der Waals surface area contributed by atoms with Gasteiger partial charge < -0.3 is 14.9 Å². The van der Waals surface area contributed by atoms with Gasteiger partial charge in [-0.25, -0.2) is 4.79 Å². The lowest BCUT2D eigenvalue weighted by atomic mass is 9.84. The largest absolute Gasteiger partial charge is 0.478 e. The number of aliphatic carboxylic acids is 1. The molecule has 0 aromatic heterocycles. The number of likely N-dealkylation sites (tertiary alicyclic amines) is 1. The van der Waals surface area contributed by atoms with E-state index in [1.807, 2.05) is 36.4 Å². The van der Waals surface area contributed by atoms with Gasteiger partial charge in [0.2, 0.25) is 6.23 Å². The normalized spacial score (nSPS) is 23.4. The number of aliphatic hydroxyl groups excluding tert-OH is 1. The number of carbonyl (C=O) groups is 1. The number of benzene rings is 2. The summed E-state index contributed by atoms with van der Waals surface area (Å²) in [5.41, 5.74) is 1.97. The third-order valence-electron chi connectivity index (χ3n) is 4.82. The molecular formula is C18H16ClNO4. The van der Waals surface area contributed by atoms with Crippen molar-refractivity contribution in [3.8, 4) is 11.5 Å². The molecule has 0 amide bonds. The molecular weight excluding hydrogens is 330 g/mol. The van der Waals surface area contributed by atoms with Crippen LogP contribution >= 0.6 is 11.6 Å². The molecule has 2 aliphatic heterocycles. The number of para-hydroxylation sites is 1. The zero-order chi connectivity index (χ0) is 16.8. The highest BCUT2D eigenvalue weighted by molar-refractivity contribution is 6.30. The van der Waals surface area contributed by atoms with Gasteiger partial charge in [0, 0.05) is 35.5 Å². The van der Waals surface area contributed by atoms with Crippen molar-refractivity contribution in [1.29, 1.82) is 0 Å². The van der Waals surface area contributed by atoms with Crippen molar-refractivity contribution in [1.82, 2.24) is 4.90 Å². The summed E-state index contributed by atoms with van der Waals surface area (Å²) in [6.45, 7) is 0.883. The summed E-state index contributed by atoms with van der Waals surface area (Å²) in [5.74, 6) is 0.305. The predicted octanol–water partition coefficient (Wildman–Crippen LogP) is 3.03. The Balaban J connectivity index is 1.83. The molecule has 5 nitrogen and oxygen atoms in total. The monoisotopic (exact) mass is 345 g/mol. The molecule has 0 saturated carbocycles. The van der Waals surface area contributed by atoms with Gasteiger partial charge in [0.05, 0.1) is 0 Å². The SMILES string of the molecule is O=C(O)C(O)N1CC2c3ccccc3Oc3ccc(Cl)cc3C2C1. The van der Waals surface area contributed by atoms with Crippen LogP contribution in [0.2, 0.25) is 5.02 Å². The van der Waals surface area contributed by atoms with Crippen molar-refractivity contribution in [2.75, 3.05) is 13.1 Å². The van der Waals surface area contributed by atoms with E-state index in [1.54, 1.807) is 11.0 Å². The Morgan fingerprint density at radius 2 is 1.79 bits per heavy atom.